The van der Waals surface area contributed by atoms with Gasteiger partial charge in [0.15, 0.2) is 0 Å². The summed E-state index contributed by atoms with van der Waals surface area (Å²) in [7, 11) is 0. The smallest absolute Gasteiger partial charge is 0.251 e. The highest BCUT2D eigenvalue weighted by atomic mass is 35.5. The van der Waals surface area contributed by atoms with E-state index in [0.717, 1.165) is 5.56 Å². The van der Waals surface area contributed by atoms with Crippen LogP contribution in [0.15, 0.2) is 54.6 Å². The molecule has 7 heteroatoms. The highest BCUT2D eigenvalue weighted by molar-refractivity contribution is 5.94. The normalized spacial score (nSPS) is 12.4. The van der Waals surface area contributed by atoms with Crippen molar-refractivity contribution < 1.29 is 14.0 Å². The van der Waals surface area contributed by atoms with Crippen molar-refractivity contribution in [2.75, 3.05) is 13.1 Å². The maximum absolute atomic E-state index is 12.8. The molecular weight excluding hydrogens is 369 g/mol. The van der Waals surface area contributed by atoms with Gasteiger partial charge in [0.1, 0.15) is 5.82 Å². The fourth-order valence-electron chi connectivity index (χ4n) is 2.49. The molecule has 0 aliphatic heterocycles. The van der Waals surface area contributed by atoms with Crippen LogP contribution >= 0.6 is 12.4 Å². The minimum absolute atomic E-state index is 0. The van der Waals surface area contributed by atoms with Gasteiger partial charge in [-0.1, -0.05) is 37.3 Å². The number of carbonyl (C=O) groups excluding carboxylic acids is 2. The molecule has 2 amide bonds. The molecule has 0 heterocycles. The number of rotatable bonds is 8. The average molecular weight is 394 g/mol. The van der Waals surface area contributed by atoms with Gasteiger partial charge in [0.25, 0.3) is 5.91 Å². The largest absolute Gasteiger partial charge is 0.356 e. The van der Waals surface area contributed by atoms with Crippen molar-refractivity contribution in [2.24, 2.45) is 11.7 Å². The number of nitrogens with one attached hydrogen (secondary N) is 2. The zero-order valence-corrected chi connectivity index (χ0v) is 16.0. The van der Waals surface area contributed by atoms with Gasteiger partial charge >= 0.3 is 0 Å². The number of amides is 2. The predicted molar refractivity (Wildman–Crippen MR) is 106 cm³/mol. The van der Waals surface area contributed by atoms with Crippen LogP contribution in [0.2, 0.25) is 0 Å². The van der Waals surface area contributed by atoms with Crippen LogP contribution in [0.3, 0.4) is 0 Å². The Balaban J connectivity index is 0.00000364. The molecule has 2 aromatic rings. The molecule has 0 saturated heterocycles. The number of hydrogen-bond donors (Lipinski definition) is 3. The summed E-state index contributed by atoms with van der Waals surface area (Å²) in [6.45, 7) is 2.65. The van der Waals surface area contributed by atoms with Crippen molar-refractivity contribution in [3.8, 4) is 0 Å². The molecule has 0 aliphatic rings. The van der Waals surface area contributed by atoms with Crippen molar-refractivity contribution in [3.63, 3.8) is 0 Å². The number of benzene rings is 2. The van der Waals surface area contributed by atoms with Crippen LogP contribution in [0.4, 0.5) is 4.39 Å². The second kappa shape index (κ2) is 11.3. The Kier molecular flexibility index (Phi) is 9.47. The van der Waals surface area contributed by atoms with Gasteiger partial charge in [-0.2, -0.15) is 0 Å². The van der Waals surface area contributed by atoms with E-state index in [1.54, 1.807) is 6.92 Å². The third kappa shape index (κ3) is 7.00. The van der Waals surface area contributed by atoms with E-state index in [1.807, 2.05) is 30.3 Å². The van der Waals surface area contributed by atoms with Crippen LogP contribution in [0.1, 0.15) is 35.3 Å². The van der Waals surface area contributed by atoms with E-state index in [0.29, 0.717) is 25.1 Å². The van der Waals surface area contributed by atoms with Crippen LogP contribution in [-0.4, -0.2) is 24.9 Å². The van der Waals surface area contributed by atoms with Crippen molar-refractivity contribution in [1.29, 1.82) is 0 Å². The monoisotopic (exact) mass is 393 g/mol. The maximum Gasteiger partial charge on any atom is 0.251 e. The van der Waals surface area contributed by atoms with Gasteiger partial charge in [-0.25, -0.2) is 4.39 Å². The summed E-state index contributed by atoms with van der Waals surface area (Å²) in [5.41, 5.74) is 7.46. The van der Waals surface area contributed by atoms with Gasteiger partial charge in [0, 0.05) is 24.7 Å². The number of carbonyl (C=O) groups is 2. The molecule has 0 radical (unpaired) electrons. The minimum atomic E-state index is -0.382. The number of nitrogens with two attached hydrogens (primary N) is 1. The fourth-order valence-corrected chi connectivity index (χ4v) is 2.49. The van der Waals surface area contributed by atoms with Crippen LogP contribution < -0.4 is 16.4 Å². The van der Waals surface area contributed by atoms with Gasteiger partial charge in [-0.3, -0.25) is 9.59 Å². The lowest BCUT2D eigenvalue weighted by Crippen LogP contribution is -2.37. The molecular formula is C20H25ClFN3O2. The Labute approximate surface area is 164 Å². The van der Waals surface area contributed by atoms with E-state index >= 15 is 0 Å². The van der Waals surface area contributed by atoms with Crippen molar-refractivity contribution in [1.82, 2.24) is 10.6 Å². The van der Waals surface area contributed by atoms with Crippen molar-refractivity contribution in [2.45, 2.75) is 19.4 Å². The third-order valence-electron chi connectivity index (χ3n) is 4.18. The average Bonchev–Trinajstić information content (AvgIpc) is 2.67. The summed E-state index contributed by atoms with van der Waals surface area (Å²) < 4.78 is 12.8. The van der Waals surface area contributed by atoms with Crippen molar-refractivity contribution in [3.05, 3.63) is 71.5 Å². The zero-order chi connectivity index (χ0) is 18.9. The first-order valence-corrected chi connectivity index (χ1v) is 8.61. The highest BCUT2D eigenvalue weighted by Crippen LogP contribution is 2.18. The summed E-state index contributed by atoms with van der Waals surface area (Å²) >= 11 is 0. The zero-order valence-electron chi connectivity index (χ0n) is 15.2. The lowest BCUT2D eigenvalue weighted by molar-refractivity contribution is -0.125. The van der Waals surface area contributed by atoms with Crippen LogP contribution in [-0.2, 0) is 4.79 Å². The summed E-state index contributed by atoms with van der Waals surface area (Å²) in [5, 5.41) is 5.57. The SMILES string of the molecule is CC(C(=O)NCCCNC(=O)c1ccc(F)cc1)C(N)c1ccccc1.Cl. The van der Waals surface area contributed by atoms with Gasteiger partial charge in [0.2, 0.25) is 5.91 Å². The van der Waals surface area contributed by atoms with Crippen LogP contribution in [0.25, 0.3) is 0 Å². The molecule has 4 N–H and O–H groups in total. The molecule has 2 rings (SSSR count). The van der Waals surface area contributed by atoms with Gasteiger partial charge in [0.05, 0.1) is 5.92 Å². The predicted octanol–water partition coefficient (Wildman–Crippen LogP) is 2.82. The Bertz CT molecular complexity index is 726. The molecule has 2 unspecified atom stereocenters. The van der Waals surface area contributed by atoms with E-state index in [9.17, 15) is 14.0 Å². The van der Waals surface area contributed by atoms with Gasteiger partial charge in [-0.15, -0.1) is 12.4 Å². The molecule has 0 spiro atoms. The molecule has 5 nitrogen and oxygen atoms in total. The molecule has 2 atom stereocenters. The van der Waals surface area contributed by atoms with E-state index in [1.165, 1.54) is 24.3 Å². The summed E-state index contributed by atoms with van der Waals surface area (Å²) in [6, 6.07) is 14.5. The topological polar surface area (TPSA) is 84.2 Å². The van der Waals surface area contributed by atoms with E-state index in [2.05, 4.69) is 10.6 Å². The standard InChI is InChI=1S/C20H24FN3O2.ClH/c1-14(18(22)15-6-3-2-4-7-15)19(25)23-12-5-13-24-20(26)16-8-10-17(21)11-9-16;/h2-4,6-11,14,18H,5,12-13,22H2,1H3,(H,23,25)(H,24,26);1H. The second-order valence-electron chi connectivity index (χ2n) is 6.13. The highest BCUT2D eigenvalue weighted by Gasteiger charge is 2.21. The molecule has 0 aromatic heterocycles. The van der Waals surface area contributed by atoms with E-state index in [4.69, 9.17) is 5.73 Å². The summed E-state index contributed by atoms with van der Waals surface area (Å²) in [6.07, 6.45) is 0.589. The van der Waals surface area contributed by atoms with Crippen LogP contribution in [0.5, 0.6) is 0 Å². The molecule has 0 fully saturated rings. The first-order valence-electron chi connectivity index (χ1n) is 8.61. The van der Waals surface area contributed by atoms with Gasteiger partial charge < -0.3 is 16.4 Å². The van der Waals surface area contributed by atoms with Crippen LogP contribution in [0, 0.1) is 11.7 Å². The summed E-state index contributed by atoms with van der Waals surface area (Å²) in [5.74, 6) is -1.12. The first-order chi connectivity index (χ1) is 12.5. The quantitative estimate of drug-likeness (QED) is 0.603. The molecule has 0 saturated carbocycles. The molecule has 146 valence electrons. The molecule has 27 heavy (non-hydrogen) atoms. The lowest BCUT2D eigenvalue weighted by Gasteiger charge is -2.19. The third-order valence-corrected chi connectivity index (χ3v) is 4.18. The lowest BCUT2D eigenvalue weighted by atomic mass is 9.95. The maximum atomic E-state index is 12.8. The molecule has 2 aromatic carbocycles. The second-order valence-corrected chi connectivity index (χ2v) is 6.13. The van der Waals surface area contributed by atoms with E-state index in [-0.39, 0.29) is 42.0 Å². The molecule has 0 aliphatic carbocycles. The summed E-state index contributed by atoms with van der Waals surface area (Å²) in [4.78, 5) is 24.1. The Morgan fingerprint density at radius 2 is 1.59 bits per heavy atom. The number of halogens is 2. The molecule has 0 bridgehead atoms. The van der Waals surface area contributed by atoms with E-state index < -0.39 is 0 Å². The minimum Gasteiger partial charge on any atom is -0.356 e. The van der Waals surface area contributed by atoms with Gasteiger partial charge in [-0.05, 0) is 36.2 Å². The van der Waals surface area contributed by atoms with Crippen molar-refractivity contribution >= 4 is 24.2 Å². The Morgan fingerprint density at radius 1 is 1.00 bits per heavy atom. The Morgan fingerprint density at radius 3 is 2.22 bits per heavy atom. The number of hydrogen-bond acceptors (Lipinski definition) is 3. The first kappa shape index (κ1) is 22.6. The Hall–Kier alpha value is -2.44. The fraction of sp³-hybridized carbons (Fsp3) is 0.300.